The molecule has 2 aromatic heterocycles. The number of nitrogens with zero attached hydrogens (tertiary/aromatic N) is 3. The van der Waals surface area contributed by atoms with Gasteiger partial charge >= 0.3 is 0 Å². The minimum absolute atomic E-state index is 0.272. The first-order valence-electron chi connectivity index (χ1n) is 5.42. The van der Waals surface area contributed by atoms with Crippen molar-refractivity contribution in [3.8, 4) is 10.9 Å². The van der Waals surface area contributed by atoms with E-state index in [1.54, 1.807) is 13.0 Å². The lowest BCUT2D eigenvalue weighted by atomic mass is 10.2. The second-order valence-corrected chi connectivity index (χ2v) is 4.78. The highest BCUT2D eigenvalue weighted by molar-refractivity contribution is 7.18. The lowest BCUT2D eigenvalue weighted by Crippen LogP contribution is -2.12. The van der Waals surface area contributed by atoms with Gasteiger partial charge in [-0.15, -0.1) is 5.10 Å². The third-order valence-electron chi connectivity index (χ3n) is 2.49. The van der Waals surface area contributed by atoms with Crippen LogP contribution in [0, 0.1) is 12.7 Å². The highest BCUT2D eigenvalue weighted by atomic mass is 32.1. The van der Waals surface area contributed by atoms with E-state index in [-0.39, 0.29) is 16.6 Å². The fourth-order valence-corrected chi connectivity index (χ4v) is 2.30. The first-order chi connectivity index (χ1) is 9.13. The van der Waals surface area contributed by atoms with Gasteiger partial charge in [-0.3, -0.25) is 4.79 Å². The maximum Gasteiger partial charge on any atom is 0.299 e. The molecule has 0 amide bonds. The third kappa shape index (κ3) is 2.19. The Bertz CT molecular complexity index is 812. The van der Waals surface area contributed by atoms with Crippen LogP contribution in [0.5, 0.6) is 10.9 Å². The van der Waals surface area contributed by atoms with E-state index in [1.165, 1.54) is 24.4 Å². The molecular weight excluding hydrogens is 269 g/mol. The molecule has 3 aromatic rings. The Kier molecular flexibility index (Phi) is 2.75. The van der Waals surface area contributed by atoms with Gasteiger partial charge < -0.3 is 4.74 Å². The number of benzene rings is 1. The molecule has 2 heterocycles. The molecule has 5 nitrogen and oxygen atoms in total. The lowest BCUT2D eigenvalue weighted by Gasteiger charge is -2.02. The number of hydrogen-bond donors (Lipinski definition) is 0. The Balaban J connectivity index is 1.99. The quantitative estimate of drug-likeness (QED) is 0.721. The molecule has 3 rings (SSSR count). The van der Waals surface area contributed by atoms with Crippen LogP contribution >= 0.6 is 11.3 Å². The van der Waals surface area contributed by atoms with E-state index in [0.717, 1.165) is 15.9 Å². The Morgan fingerprint density at radius 2 is 2.21 bits per heavy atom. The first-order valence-corrected chi connectivity index (χ1v) is 6.24. The van der Waals surface area contributed by atoms with Crippen molar-refractivity contribution in [2.45, 2.75) is 6.92 Å². The number of aryl methyl sites for hydroxylation is 1. The largest absolute Gasteiger partial charge is 0.430 e. The normalized spacial score (nSPS) is 10.8. The predicted molar refractivity (Wildman–Crippen MR) is 68.3 cm³/mol. The van der Waals surface area contributed by atoms with Crippen molar-refractivity contribution in [2.24, 2.45) is 0 Å². The number of ether oxygens (including phenoxy) is 1. The Morgan fingerprint density at radius 1 is 1.37 bits per heavy atom. The molecule has 0 aliphatic carbocycles. The van der Waals surface area contributed by atoms with Crippen LogP contribution in [0.15, 0.2) is 35.3 Å². The molecule has 0 unspecified atom stereocenters. The van der Waals surface area contributed by atoms with Crippen LogP contribution in [-0.4, -0.2) is 14.6 Å². The van der Waals surface area contributed by atoms with Gasteiger partial charge in [0.25, 0.3) is 10.8 Å². The van der Waals surface area contributed by atoms with Crippen molar-refractivity contribution in [3.05, 3.63) is 52.2 Å². The Labute approximate surface area is 110 Å². The number of fused-ring (bicyclic) bond motifs is 1. The Hall–Kier alpha value is -2.28. The number of aromatic nitrogens is 3. The van der Waals surface area contributed by atoms with Gasteiger partial charge in [0.05, 0.1) is 0 Å². The second kappa shape index (κ2) is 4.43. The van der Waals surface area contributed by atoms with Gasteiger partial charge in [-0.05, 0) is 42.0 Å². The summed E-state index contributed by atoms with van der Waals surface area (Å²) in [7, 11) is 0. The van der Waals surface area contributed by atoms with Gasteiger partial charge in [0, 0.05) is 12.3 Å². The summed E-state index contributed by atoms with van der Waals surface area (Å²) in [5.41, 5.74) is 0.209. The van der Waals surface area contributed by atoms with Gasteiger partial charge in [-0.1, -0.05) is 0 Å². The van der Waals surface area contributed by atoms with Crippen LogP contribution < -0.4 is 10.3 Å². The summed E-state index contributed by atoms with van der Waals surface area (Å²) in [6, 6.07) is 5.71. The molecule has 0 aliphatic rings. The molecule has 0 saturated heterocycles. The van der Waals surface area contributed by atoms with Crippen molar-refractivity contribution < 1.29 is 9.13 Å². The molecule has 0 spiro atoms. The summed E-state index contributed by atoms with van der Waals surface area (Å²) >= 11 is 1.14. The minimum Gasteiger partial charge on any atom is -0.430 e. The van der Waals surface area contributed by atoms with E-state index in [2.05, 4.69) is 10.1 Å². The van der Waals surface area contributed by atoms with Gasteiger partial charge in [-0.2, -0.15) is 4.52 Å². The van der Waals surface area contributed by atoms with E-state index in [9.17, 15) is 9.18 Å². The van der Waals surface area contributed by atoms with E-state index >= 15 is 0 Å². The lowest BCUT2D eigenvalue weighted by molar-refractivity contribution is 0.467. The fourth-order valence-electron chi connectivity index (χ4n) is 1.55. The average molecular weight is 277 g/mol. The number of hydrogen-bond acceptors (Lipinski definition) is 5. The highest BCUT2D eigenvalue weighted by Crippen LogP contribution is 2.26. The van der Waals surface area contributed by atoms with Crippen molar-refractivity contribution in [2.75, 3.05) is 0 Å². The predicted octanol–water partition coefficient (Wildman–Crippen LogP) is 2.39. The van der Waals surface area contributed by atoms with Gasteiger partial charge in [0.15, 0.2) is 0 Å². The van der Waals surface area contributed by atoms with Crippen LogP contribution in [0.4, 0.5) is 4.39 Å². The summed E-state index contributed by atoms with van der Waals surface area (Å²) in [6.07, 6.45) is 1.42. The molecule has 1 aromatic carbocycles. The van der Waals surface area contributed by atoms with Crippen molar-refractivity contribution in [1.82, 2.24) is 14.6 Å². The van der Waals surface area contributed by atoms with E-state index in [0.29, 0.717) is 16.3 Å². The molecule has 0 fully saturated rings. The average Bonchev–Trinajstić information content (AvgIpc) is 2.78. The Morgan fingerprint density at radius 3 is 2.95 bits per heavy atom. The molecule has 0 aliphatic heterocycles. The van der Waals surface area contributed by atoms with Crippen LogP contribution in [-0.2, 0) is 0 Å². The summed E-state index contributed by atoms with van der Waals surface area (Å²) < 4.78 is 19.8. The standard InChI is InChI=1S/C12H8FN3O2S/c1-7-6-8(2-3-9(7)13)18-12-15-16-10(17)4-5-14-11(16)19-12/h2-6H,1H3. The van der Waals surface area contributed by atoms with Crippen molar-refractivity contribution >= 4 is 16.3 Å². The van der Waals surface area contributed by atoms with Crippen LogP contribution in [0.2, 0.25) is 0 Å². The number of rotatable bonds is 2. The first kappa shape index (κ1) is 11.8. The molecule has 0 N–H and O–H groups in total. The maximum absolute atomic E-state index is 13.1. The monoisotopic (exact) mass is 277 g/mol. The van der Waals surface area contributed by atoms with Crippen LogP contribution in [0.1, 0.15) is 5.56 Å². The maximum atomic E-state index is 13.1. The zero-order valence-electron chi connectivity index (χ0n) is 9.83. The van der Waals surface area contributed by atoms with Gasteiger partial charge in [-0.25, -0.2) is 9.37 Å². The fraction of sp³-hybridized carbons (Fsp3) is 0.0833. The molecule has 0 atom stereocenters. The molecule has 0 radical (unpaired) electrons. The summed E-state index contributed by atoms with van der Waals surface area (Å²) in [6.45, 7) is 1.65. The zero-order chi connectivity index (χ0) is 13.4. The number of halogens is 1. The molecular formula is C12H8FN3O2S. The summed E-state index contributed by atoms with van der Waals surface area (Å²) in [4.78, 5) is 16.0. The summed E-state index contributed by atoms with van der Waals surface area (Å²) in [5, 5.41) is 4.28. The van der Waals surface area contributed by atoms with Crippen LogP contribution in [0.25, 0.3) is 4.96 Å². The minimum atomic E-state index is -0.297. The van der Waals surface area contributed by atoms with Crippen LogP contribution in [0.3, 0.4) is 0 Å². The second-order valence-electron chi connectivity index (χ2n) is 3.86. The zero-order valence-corrected chi connectivity index (χ0v) is 10.6. The van der Waals surface area contributed by atoms with E-state index in [4.69, 9.17) is 4.74 Å². The molecule has 96 valence electrons. The summed E-state index contributed by atoms with van der Waals surface area (Å²) in [5.74, 6) is 0.167. The molecule has 19 heavy (non-hydrogen) atoms. The van der Waals surface area contributed by atoms with Crippen molar-refractivity contribution in [3.63, 3.8) is 0 Å². The topological polar surface area (TPSA) is 56.5 Å². The van der Waals surface area contributed by atoms with E-state index in [1.807, 2.05) is 0 Å². The molecule has 0 bridgehead atoms. The molecule has 7 heteroatoms. The smallest absolute Gasteiger partial charge is 0.299 e. The van der Waals surface area contributed by atoms with Crippen molar-refractivity contribution in [1.29, 1.82) is 0 Å². The highest BCUT2D eigenvalue weighted by Gasteiger charge is 2.08. The van der Waals surface area contributed by atoms with E-state index < -0.39 is 0 Å². The van der Waals surface area contributed by atoms with Gasteiger partial charge in [0.2, 0.25) is 4.96 Å². The SMILES string of the molecule is Cc1cc(Oc2nn3c(=O)ccnc3s2)ccc1F. The molecule has 0 saturated carbocycles. The van der Waals surface area contributed by atoms with Gasteiger partial charge in [0.1, 0.15) is 11.6 Å². The third-order valence-corrected chi connectivity index (χ3v) is 3.29.